The van der Waals surface area contributed by atoms with Crippen LogP contribution >= 0.6 is 11.6 Å². The molecule has 2 aromatic carbocycles. The van der Waals surface area contributed by atoms with Gasteiger partial charge in [0.05, 0.1) is 29.4 Å². The van der Waals surface area contributed by atoms with E-state index in [1.165, 1.54) is 18.5 Å². The van der Waals surface area contributed by atoms with Crippen molar-refractivity contribution in [1.82, 2.24) is 15.3 Å². The first-order valence-corrected chi connectivity index (χ1v) is 10.0. The summed E-state index contributed by atoms with van der Waals surface area (Å²) in [4.78, 5) is 19.6. The Hall–Kier alpha value is -3.67. The van der Waals surface area contributed by atoms with Crippen LogP contribution in [0.2, 0.25) is 5.02 Å². The van der Waals surface area contributed by atoms with E-state index >= 15 is 0 Å². The van der Waals surface area contributed by atoms with Gasteiger partial charge in [0.15, 0.2) is 0 Å². The highest BCUT2D eigenvalue weighted by Gasteiger charge is 2.09. The van der Waals surface area contributed by atoms with Gasteiger partial charge in [0.2, 0.25) is 5.91 Å². The lowest BCUT2D eigenvalue weighted by molar-refractivity contribution is -0.119. The Labute approximate surface area is 190 Å². The average molecular weight is 454 g/mol. The van der Waals surface area contributed by atoms with Gasteiger partial charge < -0.3 is 21.1 Å². The van der Waals surface area contributed by atoms with Crippen molar-refractivity contribution in [2.24, 2.45) is 5.73 Å². The summed E-state index contributed by atoms with van der Waals surface area (Å²) in [5.74, 6) is 6.19. The third-order valence-electron chi connectivity index (χ3n) is 4.29. The molecule has 3 rings (SSSR count). The fourth-order valence-corrected chi connectivity index (χ4v) is 2.92. The molecule has 3 aromatic rings. The number of halogens is 2. The fourth-order valence-electron chi connectivity index (χ4n) is 2.69. The number of hydrogen-bond donors (Lipinski definition) is 3. The lowest BCUT2D eigenvalue weighted by Gasteiger charge is -2.12. The molecular weight excluding hydrogens is 433 g/mol. The van der Waals surface area contributed by atoms with Crippen LogP contribution < -0.4 is 21.1 Å². The summed E-state index contributed by atoms with van der Waals surface area (Å²) in [6, 6.07) is 11.4. The molecule has 1 amide bonds. The number of ether oxygens (including phenoxy) is 1. The van der Waals surface area contributed by atoms with Crippen LogP contribution in [0.25, 0.3) is 0 Å². The van der Waals surface area contributed by atoms with Gasteiger partial charge in [-0.1, -0.05) is 35.6 Å². The Balaban J connectivity index is 1.71. The number of nitrogens with two attached hydrogens (primary N) is 1. The minimum absolute atomic E-state index is 0.0926. The molecule has 164 valence electrons. The summed E-state index contributed by atoms with van der Waals surface area (Å²) >= 11 is 6.36. The average Bonchev–Trinajstić information content (AvgIpc) is 2.77. The van der Waals surface area contributed by atoms with Crippen LogP contribution in [0.15, 0.2) is 48.8 Å². The molecule has 0 saturated carbocycles. The van der Waals surface area contributed by atoms with Gasteiger partial charge in [-0.15, -0.1) is 0 Å². The number of nitrogens with zero attached hydrogens (tertiary/aromatic N) is 2. The first-order valence-electron chi connectivity index (χ1n) is 9.67. The highest BCUT2D eigenvalue weighted by Crippen LogP contribution is 2.30. The van der Waals surface area contributed by atoms with Crippen molar-refractivity contribution in [3.63, 3.8) is 0 Å². The molecular formula is C23H21ClFN5O2. The second kappa shape index (κ2) is 11.1. The molecule has 0 bridgehead atoms. The molecule has 0 radical (unpaired) electrons. The minimum atomic E-state index is -0.322. The predicted octanol–water partition coefficient (Wildman–Crippen LogP) is 3.33. The van der Waals surface area contributed by atoms with Crippen molar-refractivity contribution in [3.05, 3.63) is 76.5 Å². The number of aromatic nitrogens is 2. The third kappa shape index (κ3) is 6.41. The monoisotopic (exact) mass is 453 g/mol. The highest BCUT2D eigenvalue weighted by atomic mass is 35.5. The molecule has 9 heteroatoms. The molecule has 7 nitrogen and oxygen atoms in total. The Morgan fingerprint density at radius 2 is 2.09 bits per heavy atom. The molecule has 1 aromatic heterocycles. The molecule has 1 heterocycles. The topological polar surface area (TPSA) is 102 Å². The largest absolute Gasteiger partial charge is 0.487 e. The molecule has 0 spiro atoms. The molecule has 0 aliphatic rings. The second-order valence-electron chi connectivity index (χ2n) is 6.65. The summed E-state index contributed by atoms with van der Waals surface area (Å²) in [5, 5.41) is 6.14. The first-order chi connectivity index (χ1) is 15.5. The maximum atomic E-state index is 13.3. The zero-order valence-corrected chi connectivity index (χ0v) is 18.0. The number of carbonyl (C=O) groups excluding carboxylic acids is 1. The van der Waals surface area contributed by atoms with Gasteiger partial charge >= 0.3 is 0 Å². The van der Waals surface area contributed by atoms with E-state index in [2.05, 4.69) is 32.4 Å². The van der Waals surface area contributed by atoms with Crippen LogP contribution in [0.5, 0.6) is 5.75 Å². The van der Waals surface area contributed by atoms with E-state index in [1.54, 1.807) is 30.3 Å². The Kier molecular flexibility index (Phi) is 7.97. The van der Waals surface area contributed by atoms with Crippen LogP contribution in [-0.4, -0.2) is 29.0 Å². The van der Waals surface area contributed by atoms with Gasteiger partial charge in [-0.3, -0.25) is 4.79 Å². The van der Waals surface area contributed by atoms with Crippen molar-refractivity contribution in [2.45, 2.75) is 13.5 Å². The van der Waals surface area contributed by atoms with Crippen LogP contribution in [0.1, 0.15) is 16.8 Å². The molecule has 0 unspecified atom stereocenters. The minimum Gasteiger partial charge on any atom is -0.487 e. The second-order valence-corrected chi connectivity index (χ2v) is 7.06. The van der Waals surface area contributed by atoms with E-state index < -0.39 is 0 Å². The van der Waals surface area contributed by atoms with Crippen molar-refractivity contribution in [2.75, 3.05) is 18.4 Å². The van der Waals surface area contributed by atoms with E-state index in [9.17, 15) is 9.18 Å². The van der Waals surface area contributed by atoms with Crippen LogP contribution in [0, 0.1) is 24.6 Å². The van der Waals surface area contributed by atoms with Gasteiger partial charge in [-0.25, -0.2) is 14.4 Å². The number of hydrogen-bond acceptors (Lipinski definition) is 6. The van der Waals surface area contributed by atoms with Gasteiger partial charge in [-0.2, -0.15) is 0 Å². The SMILES string of the molecule is Cc1ncnc(Nc2ccc(OCc3cccc(F)c3)c(Cl)c2)c1C#CCNC(=O)CN. The number of carbonyl (C=O) groups is 1. The lowest BCUT2D eigenvalue weighted by Crippen LogP contribution is -2.30. The zero-order valence-electron chi connectivity index (χ0n) is 17.3. The predicted molar refractivity (Wildman–Crippen MR) is 121 cm³/mol. The number of amides is 1. The summed E-state index contributed by atoms with van der Waals surface area (Å²) in [6.07, 6.45) is 1.43. The van der Waals surface area contributed by atoms with Gasteiger partial charge in [0.1, 0.15) is 30.3 Å². The molecule has 0 aliphatic heterocycles. The van der Waals surface area contributed by atoms with Crippen molar-refractivity contribution in [3.8, 4) is 17.6 Å². The molecule has 0 aliphatic carbocycles. The normalized spacial score (nSPS) is 10.1. The van der Waals surface area contributed by atoms with Crippen LogP contribution in [-0.2, 0) is 11.4 Å². The smallest absolute Gasteiger partial charge is 0.234 e. The van der Waals surface area contributed by atoms with Crippen LogP contribution in [0.4, 0.5) is 15.9 Å². The summed E-state index contributed by atoms with van der Waals surface area (Å²) in [5.41, 5.74) is 7.90. The quantitative estimate of drug-likeness (QED) is 0.474. The number of rotatable bonds is 7. The Bertz CT molecular complexity index is 1180. The fraction of sp³-hybridized carbons (Fsp3) is 0.174. The van der Waals surface area contributed by atoms with Gasteiger partial charge in [-0.05, 0) is 42.8 Å². The Morgan fingerprint density at radius 3 is 2.84 bits per heavy atom. The summed E-state index contributed by atoms with van der Waals surface area (Å²) in [7, 11) is 0. The molecule has 0 fully saturated rings. The third-order valence-corrected chi connectivity index (χ3v) is 4.58. The lowest BCUT2D eigenvalue weighted by atomic mass is 10.2. The van der Waals surface area contributed by atoms with E-state index in [0.29, 0.717) is 39.1 Å². The van der Waals surface area contributed by atoms with Crippen molar-refractivity contribution < 1.29 is 13.9 Å². The highest BCUT2D eigenvalue weighted by molar-refractivity contribution is 6.32. The molecule has 4 N–H and O–H groups in total. The summed E-state index contributed by atoms with van der Waals surface area (Å²) < 4.78 is 19.0. The Morgan fingerprint density at radius 1 is 1.25 bits per heavy atom. The molecule has 0 saturated heterocycles. The first kappa shape index (κ1) is 23.0. The van der Waals surface area contributed by atoms with Crippen molar-refractivity contribution in [1.29, 1.82) is 0 Å². The van der Waals surface area contributed by atoms with Gasteiger partial charge in [0, 0.05) is 5.69 Å². The maximum absolute atomic E-state index is 13.3. The van der Waals surface area contributed by atoms with E-state index in [1.807, 2.05) is 6.92 Å². The van der Waals surface area contributed by atoms with Crippen LogP contribution in [0.3, 0.4) is 0 Å². The number of anilines is 2. The number of nitrogens with one attached hydrogen (secondary N) is 2. The van der Waals surface area contributed by atoms with E-state index in [4.69, 9.17) is 22.1 Å². The number of benzene rings is 2. The van der Waals surface area contributed by atoms with E-state index in [-0.39, 0.29) is 31.4 Å². The molecule has 32 heavy (non-hydrogen) atoms. The maximum Gasteiger partial charge on any atom is 0.234 e. The van der Waals surface area contributed by atoms with E-state index in [0.717, 1.165) is 0 Å². The van der Waals surface area contributed by atoms with Gasteiger partial charge in [0.25, 0.3) is 0 Å². The summed E-state index contributed by atoms with van der Waals surface area (Å²) in [6.45, 7) is 2.07. The standard InChI is InChI=1S/C23H21ClFN5O2/c1-15-19(6-3-9-27-22(31)12-26)23(29-14-28-15)30-18-7-8-21(20(24)11-18)32-13-16-4-2-5-17(25)10-16/h2,4-5,7-8,10-11,14H,9,12-13,26H2,1H3,(H,27,31)(H,28,29,30). The number of aryl methyl sites for hydroxylation is 1. The molecule has 0 atom stereocenters. The van der Waals surface area contributed by atoms with Crippen molar-refractivity contribution >= 4 is 29.0 Å². The zero-order chi connectivity index (χ0) is 22.9.